The molecular weight excluding hydrogens is 316 g/mol. The maximum atomic E-state index is 5.57. The summed E-state index contributed by atoms with van der Waals surface area (Å²) in [5.41, 5.74) is 1.23. The van der Waals surface area contributed by atoms with Gasteiger partial charge in [0.05, 0.1) is 11.2 Å². The lowest BCUT2D eigenvalue weighted by Crippen LogP contribution is -2.27. The normalized spacial score (nSPS) is 27.8. The molecule has 4 unspecified atom stereocenters. The molecule has 19 heavy (non-hydrogen) atoms. The summed E-state index contributed by atoms with van der Waals surface area (Å²) in [6, 6.07) is 0. The van der Waals surface area contributed by atoms with Crippen LogP contribution in [0, 0.1) is 11.8 Å². The Kier molecular flexibility index (Phi) is 8.73. The summed E-state index contributed by atoms with van der Waals surface area (Å²) in [5.74, 6) is 1.61. The Balaban J connectivity index is 2.59. The van der Waals surface area contributed by atoms with E-state index in [2.05, 4.69) is 44.0 Å². The van der Waals surface area contributed by atoms with Crippen molar-refractivity contribution in [3.05, 3.63) is 11.6 Å². The number of thiol groups is 4. The zero-order valence-electron chi connectivity index (χ0n) is 11.4. The third-order valence-corrected chi connectivity index (χ3v) is 5.63. The molecule has 4 atom stereocenters. The summed E-state index contributed by atoms with van der Waals surface area (Å²) in [4.78, 5) is 0. The van der Waals surface area contributed by atoms with Crippen LogP contribution >= 0.6 is 50.5 Å². The largest absolute Gasteiger partial charge is 0.356 e. The van der Waals surface area contributed by atoms with Crippen LogP contribution < -0.4 is 0 Å². The number of allylic oxidation sites excluding steroid dienone is 1. The van der Waals surface area contributed by atoms with Gasteiger partial charge in [-0.1, -0.05) is 11.6 Å². The van der Waals surface area contributed by atoms with E-state index in [-0.39, 0.29) is 16.1 Å². The smallest absolute Gasteiger partial charge is 0.157 e. The van der Waals surface area contributed by atoms with Crippen LogP contribution in [0.25, 0.3) is 0 Å². The maximum absolute atomic E-state index is 5.57. The predicted octanol–water partition coefficient (Wildman–Crippen LogP) is 3.36. The molecule has 1 rings (SSSR count). The van der Waals surface area contributed by atoms with Crippen molar-refractivity contribution in [3.63, 3.8) is 0 Å². The van der Waals surface area contributed by atoms with Gasteiger partial charge in [-0.05, 0) is 30.9 Å². The van der Waals surface area contributed by atoms with Gasteiger partial charge < -0.3 is 9.47 Å². The Morgan fingerprint density at radius 2 is 2.11 bits per heavy atom. The molecule has 0 saturated carbocycles. The van der Waals surface area contributed by atoms with Crippen LogP contribution in [0.5, 0.6) is 0 Å². The molecule has 1 aliphatic heterocycles. The molecule has 0 aromatic rings. The first-order chi connectivity index (χ1) is 9.03. The molecule has 2 nitrogen and oxygen atoms in total. The molecule has 0 radical (unpaired) electrons. The Morgan fingerprint density at radius 1 is 1.42 bits per heavy atom. The maximum Gasteiger partial charge on any atom is 0.157 e. The molecule has 1 fully saturated rings. The SMILES string of the molecule is CC=C(CC(CS)C(S)C1COC(OC)C1)C(S)S. The van der Waals surface area contributed by atoms with Gasteiger partial charge in [-0.15, -0.1) is 0 Å². The second-order valence-corrected chi connectivity index (χ2v) is 7.27. The fraction of sp³-hybridized carbons (Fsp3) is 0.846. The summed E-state index contributed by atoms with van der Waals surface area (Å²) < 4.78 is 10.8. The van der Waals surface area contributed by atoms with Gasteiger partial charge in [0.25, 0.3) is 0 Å². The Hall–Kier alpha value is 1.06. The Labute approximate surface area is 138 Å². The van der Waals surface area contributed by atoms with Crippen molar-refractivity contribution in [2.45, 2.75) is 35.9 Å². The highest BCUT2D eigenvalue weighted by Gasteiger charge is 2.34. The average molecular weight is 341 g/mol. The van der Waals surface area contributed by atoms with Gasteiger partial charge in [-0.25, -0.2) is 0 Å². The lowest BCUT2D eigenvalue weighted by Gasteiger charge is -2.27. The van der Waals surface area contributed by atoms with E-state index in [1.165, 1.54) is 5.57 Å². The number of methoxy groups -OCH3 is 1. The summed E-state index contributed by atoms with van der Waals surface area (Å²) >= 11 is 18.1. The third kappa shape index (κ3) is 5.40. The van der Waals surface area contributed by atoms with E-state index in [0.717, 1.165) is 18.6 Å². The summed E-state index contributed by atoms with van der Waals surface area (Å²) in [6.07, 6.45) is 3.85. The topological polar surface area (TPSA) is 18.5 Å². The van der Waals surface area contributed by atoms with E-state index >= 15 is 0 Å². The minimum atomic E-state index is -0.0797. The molecular formula is C13H24O2S4. The van der Waals surface area contributed by atoms with Gasteiger partial charge >= 0.3 is 0 Å². The molecule has 0 aromatic carbocycles. The van der Waals surface area contributed by atoms with Crippen molar-refractivity contribution in [1.82, 2.24) is 0 Å². The monoisotopic (exact) mass is 340 g/mol. The fourth-order valence-electron chi connectivity index (χ4n) is 2.37. The number of hydrogen-bond donors (Lipinski definition) is 4. The van der Waals surface area contributed by atoms with Crippen LogP contribution in [-0.2, 0) is 9.47 Å². The van der Waals surface area contributed by atoms with Crippen LogP contribution in [0.15, 0.2) is 11.6 Å². The molecule has 1 aliphatic rings. The van der Waals surface area contributed by atoms with Gasteiger partial charge in [0.2, 0.25) is 0 Å². The highest BCUT2D eigenvalue weighted by Crippen LogP contribution is 2.34. The Bertz CT molecular complexity index is 296. The number of hydrogen-bond acceptors (Lipinski definition) is 6. The molecule has 0 spiro atoms. The highest BCUT2D eigenvalue weighted by atomic mass is 32.2. The van der Waals surface area contributed by atoms with Gasteiger partial charge in [0.15, 0.2) is 6.29 Å². The van der Waals surface area contributed by atoms with Crippen molar-refractivity contribution in [1.29, 1.82) is 0 Å². The molecule has 0 N–H and O–H groups in total. The molecule has 0 aliphatic carbocycles. The number of rotatable bonds is 7. The first-order valence-electron chi connectivity index (χ1n) is 6.48. The van der Waals surface area contributed by atoms with E-state index < -0.39 is 0 Å². The fourth-order valence-corrected chi connectivity index (χ4v) is 3.82. The lowest BCUT2D eigenvalue weighted by atomic mass is 9.89. The average Bonchev–Trinajstić information content (AvgIpc) is 2.87. The van der Waals surface area contributed by atoms with Crippen molar-refractivity contribution in [2.24, 2.45) is 11.8 Å². The van der Waals surface area contributed by atoms with E-state index in [4.69, 9.17) is 22.1 Å². The van der Waals surface area contributed by atoms with Gasteiger partial charge in [0.1, 0.15) is 0 Å². The van der Waals surface area contributed by atoms with Gasteiger partial charge in [-0.3, -0.25) is 0 Å². The standard InChI is InChI=1S/C13H24O2S4/c1-3-8(13(18)19)4-10(7-16)12(17)9-5-11(14-2)15-6-9/h3,9-13,16-19H,4-7H2,1-2H3. The summed E-state index contributed by atoms with van der Waals surface area (Å²) in [7, 11) is 1.68. The lowest BCUT2D eigenvalue weighted by molar-refractivity contribution is -0.0881. The quantitative estimate of drug-likeness (QED) is 0.324. The number of ether oxygens (including phenoxy) is 2. The molecule has 6 heteroatoms. The second kappa shape index (κ2) is 9.15. The van der Waals surface area contributed by atoms with Crippen molar-refractivity contribution >= 4 is 50.5 Å². The van der Waals surface area contributed by atoms with Crippen molar-refractivity contribution in [2.75, 3.05) is 19.5 Å². The van der Waals surface area contributed by atoms with Crippen molar-refractivity contribution in [3.8, 4) is 0 Å². The zero-order chi connectivity index (χ0) is 14.4. The Morgan fingerprint density at radius 3 is 2.53 bits per heavy atom. The first-order valence-corrected chi connectivity index (χ1v) is 8.66. The minimum Gasteiger partial charge on any atom is -0.356 e. The van der Waals surface area contributed by atoms with Gasteiger partial charge in [-0.2, -0.15) is 50.5 Å². The minimum absolute atomic E-state index is 0.0144. The molecule has 0 bridgehead atoms. The summed E-state index contributed by atoms with van der Waals surface area (Å²) in [5, 5.41) is 0.257. The van der Waals surface area contributed by atoms with E-state index in [0.29, 0.717) is 18.4 Å². The molecule has 1 heterocycles. The van der Waals surface area contributed by atoms with Gasteiger partial charge in [0, 0.05) is 18.8 Å². The third-order valence-electron chi connectivity index (χ3n) is 3.66. The summed E-state index contributed by atoms with van der Waals surface area (Å²) in [6.45, 7) is 2.74. The molecule has 112 valence electrons. The zero-order valence-corrected chi connectivity index (χ0v) is 15.0. The van der Waals surface area contributed by atoms with Crippen LogP contribution in [-0.4, -0.2) is 35.6 Å². The molecule has 1 saturated heterocycles. The van der Waals surface area contributed by atoms with E-state index in [1.54, 1.807) is 7.11 Å². The van der Waals surface area contributed by atoms with Crippen molar-refractivity contribution < 1.29 is 9.47 Å². The second-order valence-electron chi connectivity index (χ2n) is 4.87. The van der Waals surface area contributed by atoms with Crippen LogP contribution in [0.3, 0.4) is 0 Å². The molecule has 0 aromatic heterocycles. The molecule has 0 amide bonds. The first kappa shape index (κ1) is 18.1. The van der Waals surface area contributed by atoms with E-state index in [9.17, 15) is 0 Å². The predicted molar refractivity (Wildman–Crippen MR) is 95.1 cm³/mol. The van der Waals surface area contributed by atoms with Crippen LogP contribution in [0.4, 0.5) is 0 Å². The van der Waals surface area contributed by atoms with E-state index in [1.807, 2.05) is 6.92 Å². The highest BCUT2D eigenvalue weighted by molar-refractivity contribution is 7.99. The van der Waals surface area contributed by atoms with Crippen LogP contribution in [0.1, 0.15) is 19.8 Å². The van der Waals surface area contributed by atoms with Crippen LogP contribution in [0.2, 0.25) is 0 Å².